The average Bonchev–Trinajstić information content (AvgIpc) is 1.43. The summed E-state index contributed by atoms with van der Waals surface area (Å²) in [7, 11) is 0. The molecule has 28 heteroatoms. The molecule has 14 rings (SSSR count). The summed E-state index contributed by atoms with van der Waals surface area (Å²) < 4.78 is 3.46. The Morgan fingerprint density at radius 2 is 0.594 bits per heavy atom. The molecule has 0 aliphatic carbocycles. The van der Waals surface area contributed by atoms with Gasteiger partial charge < -0.3 is 35.3 Å². The normalized spacial score (nSPS) is 19.2. The van der Waals surface area contributed by atoms with Gasteiger partial charge in [0.15, 0.2) is 0 Å². The maximum Gasteiger partial charge on any atom is 0.317 e. The van der Waals surface area contributed by atoms with Crippen LogP contribution < -0.4 is 0 Å². The smallest absolute Gasteiger partial charge is 0.317 e. The number of pyridine rings is 4. The molecule has 2 aromatic carbocycles. The van der Waals surface area contributed by atoms with Gasteiger partial charge in [-0.2, -0.15) is 0 Å². The number of aliphatic carboxylic acids is 4. The molecule has 4 N–H and O–H groups in total. The number of hydrogen-bond acceptors (Lipinski definition) is 20. The molecule has 6 aliphatic rings. The largest absolute Gasteiger partial charge is 0.480 e. The molecule has 6 aliphatic heterocycles. The van der Waals surface area contributed by atoms with E-state index >= 15 is 0 Å². The van der Waals surface area contributed by atoms with Crippen LogP contribution in [-0.2, 0) is 58.4 Å². The molecule has 2 radical (unpaired) electrons. The summed E-state index contributed by atoms with van der Waals surface area (Å²) in [6, 6.07) is 39.8. The zero-order chi connectivity index (χ0) is 63.8. The maximum atomic E-state index is 12.5. The first-order valence-electron chi connectivity index (χ1n) is 31.2. The van der Waals surface area contributed by atoms with Crippen LogP contribution in [-0.4, -0.2) is 264 Å². The van der Waals surface area contributed by atoms with Crippen LogP contribution in [0, 0.1) is 88.6 Å². The van der Waals surface area contributed by atoms with Crippen molar-refractivity contribution < 1.29 is 113 Å². The van der Waals surface area contributed by atoms with Crippen molar-refractivity contribution in [2.24, 2.45) is 0 Å². The first-order valence-corrected chi connectivity index (χ1v) is 31.2. The summed E-state index contributed by atoms with van der Waals surface area (Å²) in [6.07, 6.45) is 3.68. The molecule has 16 bridgehead atoms. The standard InChI is InChI=1S/C66H78N18O8.2CH3.2Lu/c85-63(86)45-79-25-17-75-18-26-80(46-64(87)88)30-22-77(21-29-79)39-55-33-51(49-9-3-1-4-10-49)35-57(67-55)41-83-43-61(71-73-83)59-15-7-13-53(69-59)37-76-19-27-81(47-65(89)90)31-23-78(24-32-82(28-20-76)48-66(91)92)40-56-34-52(50-11-5-2-6-12-50)36-58(68-56)42-84-44-62(72-74-84)60-16-8-14-54(38-75)70-60;;;;/h1-16,33-36,43-44H,17-32,37-42,45-48H2,(H,85,86)(H,87,88)(H,89,90)(H,91,92);2*1H3;;/q;2*-1;;. The Kier molecular flexibility index (Phi) is 30.3. The molecule has 6 aromatic heterocycles. The van der Waals surface area contributed by atoms with Crippen LogP contribution in [0.4, 0.5) is 0 Å². The van der Waals surface area contributed by atoms with Gasteiger partial charge in [-0.3, -0.25) is 68.3 Å². The van der Waals surface area contributed by atoms with Crippen LogP contribution in [0.1, 0.15) is 34.2 Å². The summed E-state index contributed by atoms with van der Waals surface area (Å²) in [5, 5.41) is 59.1. The maximum absolute atomic E-state index is 12.5. The summed E-state index contributed by atoms with van der Waals surface area (Å²) in [5.41, 5.74) is 10.7. The van der Waals surface area contributed by atoms with Crippen molar-refractivity contribution in [3.05, 3.63) is 183 Å². The molecule has 26 nitrogen and oxygen atoms in total. The first-order chi connectivity index (χ1) is 44.7. The molecular formula is C68H84Lu2N18O8-2. The van der Waals surface area contributed by atoms with E-state index in [1.54, 1.807) is 9.36 Å². The Morgan fingerprint density at radius 3 is 0.885 bits per heavy atom. The molecule has 8 aromatic rings. The number of benzene rings is 2. The van der Waals surface area contributed by atoms with E-state index in [4.69, 9.17) is 19.9 Å². The summed E-state index contributed by atoms with van der Waals surface area (Å²) >= 11 is 0. The Labute approximate surface area is 618 Å². The predicted molar refractivity (Wildman–Crippen MR) is 354 cm³/mol. The third-order valence-electron chi connectivity index (χ3n) is 16.8. The summed E-state index contributed by atoms with van der Waals surface area (Å²) in [6.45, 7) is 8.97. The van der Waals surface area contributed by atoms with Gasteiger partial charge in [-0.25, -0.2) is 19.3 Å². The molecule has 526 valence electrons. The second kappa shape index (κ2) is 37.9. The Bertz CT molecular complexity index is 3490. The van der Waals surface area contributed by atoms with Crippen LogP contribution in [0.25, 0.3) is 45.0 Å². The molecule has 12 heterocycles. The van der Waals surface area contributed by atoms with E-state index in [0.29, 0.717) is 154 Å². The molecule has 0 spiro atoms. The third kappa shape index (κ3) is 23.3. The first kappa shape index (κ1) is 76.7. The zero-order valence-corrected chi connectivity index (χ0v) is 57.4. The van der Waals surface area contributed by atoms with E-state index in [0.717, 1.165) is 56.4 Å². The van der Waals surface area contributed by atoms with Gasteiger partial charge in [0.25, 0.3) is 0 Å². The summed E-state index contributed by atoms with van der Waals surface area (Å²) in [5.74, 6) is -3.72. The number of carboxylic acids is 4. The quantitative estimate of drug-likeness (QED) is 0.136. The molecule has 0 atom stereocenters. The van der Waals surface area contributed by atoms with Crippen LogP contribution in [0.2, 0.25) is 0 Å². The molecule has 2 saturated heterocycles. The van der Waals surface area contributed by atoms with Gasteiger partial charge in [-0.05, 0) is 70.8 Å². The number of carbonyl (C=O) groups is 4. The van der Waals surface area contributed by atoms with Gasteiger partial charge in [-0.1, -0.05) is 83.2 Å². The van der Waals surface area contributed by atoms with Crippen molar-refractivity contribution in [1.82, 2.24) is 89.1 Å². The molecule has 2 fully saturated rings. The van der Waals surface area contributed by atoms with Crippen molar-refractivity contribution in [3.8, 4) is 45.0 Å². The number of hydrogen-bond donors (Lipinski definition) is 4. The van der Waals surface area contributed by atoms with Gasteiger partial charge >= 0.3 is 23.9 Å². The Hall–Kier alpha value is -6.65. The number of nitrogens with zero attached hydrogens (tertiary/aromatic N) is 18. The second-order valence-electron chi connectivity index (χ2n) is 23.8. The van der Waals surface area contributed by atoms with E-state index in [9.17, 15) is 39.6 Å². The Morgan fingerprint density at radius 1 is 0.312 bits per heavy atom. The van der Waals surface area contributed by atoms with Crippen molar-refractivity contribution in [1.29, 1.82) is 0 Å². The van der Waals surface area contributed by atoms with E-state index in [1.165, 1.54) is 0 Å². The van der Waals surface area contributed by atoms with Crippen LogP contribution in [0.5, 0.6) is 0 Å². The minimum absolute atomic E-state index is 0. The monoisotopic (exact) mass is 1630 g/mol. The number of carboxylic acid groups (broad SMARTS) is 4. The van der Waals surface area contributed by atoms with Gasteiger partial charge in [0.2, 0.25) is 0 Å². The SMILES string of the molecule is O=C(O)CN1CCN2CCN(CC(=O)O)CCN(CC1)Cc1cccc(n1)-c1cn(nn1)Cc1cc(-c3ccccc3)cc(n1)CN1CCN(CC(=O)O)CCN(CCN(CC(=O)O)CC1)Cc1cccc(n1)-c1cn(nn1)Cc1cc(-c3ccccc3)cc(n1)C2.[CH3-].[CH3-].[Lu].[Lu]. The third-order valence-corrected chi connectivity index (χ3v) is 16.8. The van der Waals surface area contributed by atoms with Crippen molar-refractivity contribution >= 4 is 23.9 Å². The van der Waals surface area contributed by atoms with E-state index in [1.807, 2.05) is 141 Å². The van der Waals surface area contributed by atoms with Gasteiger partial charge in [0.1, 0.15) is 11.4 Å². The predicted octanol–water partition coefficient (Wildman–Crippen LogP) is 4.61. The van der Waals surface area contributed by atoms with Crippen molar-refractivity contribution in [2.45, 2.75) is 39.3 Å². The minimum atomic E-state index is -0.929. The molecule has 0 unspecified atom stereocenters. The summed E-state index contributed by atoms with van der Waals surface area (Å²) in [4.78, 5) is 87.0. The van der Waals surface area contributed by atoms with E-state index < -0.39 is 23.9 Å². The molecule has 0 amide bonds. The number of rotatable bonds is 10. The van der Waals surface area contributed by atoms with E-state index in [-0.39, 0.29) is 128 Å². The fourth-order valence-electron chi connectivity index (χ4n) is 12.1. The average molecular weight is 1630 g/mol. The van der Waals surface area contributed by atoms with Gasteiger partial charge in [-0.15, -0.1) is 10.2 Å². The number of aromatic nitrogens is 10. The van der Waals surface area contributed by atoms with Crippen LogP contribution in [0.3, 0.4) is 0 Å². The molecule has 96 heavy (non-hydrogen) atoms. The fraction of sp³-hybridized carbons (Fsp3) is 0.382. The minimum Gasteiger partial charge on any atom is -0.480 e. The second-order valence-corrected chi connectivity index (χ2v) is 23.8. The Balaban J connectivity index is 0.00000325. The fourth-order valence-corrected chi connectivity index (χ4v) is 12.1. The van der Waals surface area contributed by atoms with Gasteiger partial charge in [0, 0.05) is 205 Å². The van der Waals surface area contributed by atoms with Crippen molar-refractivity contribution in [3.63, 3.8) is 0 Å². The topological polar surface area (TPSA) is 288 Å². The van der Waals surface area contributed by atoms with E-state index in [2.05, 4.69) is 52.4 Å². The molecule has 0 saturated carbocycles. The zero-order valence-electron chi connectivity index (χ0n) is 54.1. The molecular weight excluding hydrogens is 1550 g/mol. The van der Waals surface area contributed by atoms with Gasteiger partial charge in [0.05, 0.1) is 97.2 Å². The van der Waals surface area contributed by atoms with Crippen molar-refractivity contribution in [2.75, 3.05) is 131 Å². The van der Waals surface area contributed by atoms with Crippen LogP contribution in [0.15, 0.2) is 134 Å². The van der Waals surface area contributed by atoms with Crippen LogP contribution >= 0.6 is 0 Å².